The van der Waals surface area contributed by atoms with E-state index in [2.05, 4.69) is 0 Å². The molecular weight excluding hydrogens is 912 g/mol. The van der Waals surface area contributed by atoms with Gasteiger partial charge in [-0.15, -0.1) is 0 Å². The van der Waals surface area contributed by atoms with Crippen LogP contribution in [-0.2, 0) is 129 Å². The van der Waals surface area contributed by atoms with Crippen molar-refractivity contribution in [1.82, 2.24) is 0 Å². The summed E-state index contributed by atoms with van der Waals surface area (Å²) in [5.74, 6) is -10.7. The zero-order valence-electron chi connectivity index (χ0n) is 38.3. The van der Waals surface area contributed by atoms with Gasteiger partial charge in [0.15, 0.2) is 49.2 Å². The predicted molar refractivity (Wildman–Crippen MR) is 206 cm³/mol. The van der Waals surface area contributed by atoms with Gasteiger partial charge in [0.1, 0.15) is 50.3 Å². The Hall–Kier alpha value is -6.03. The molecule has 27 heteroatoms. The second kappa shape index (κ2) is 25.2. The fourth-order valence-corrected chi connectivity index (χ4v) is 7.01. The third-order valence-corrected chi connectivity index (χ3v) is 9.11. The van der Waals surface area contributed by atoms with Gasteiger partial charge in [-0.2, -0.15) is 0 Å². The van der Waals surface area contributed by atoms with Crippen molar-refractivity contribution in [2.75, 3.05) is 19.8 Å². The first-order chi connectivity index (χ1) is 31.3. The monoisotopic (exact) mass is 966 g/mol. The average molecular weight is 967 g/mol. The molecule has 3 saturated heterocycles. The van der Waals surface area contributed by atoms with E-state index < -0.39 is 178 Å². The number of esters is 11. The van der Waals surface area contributed by atoms with Gasteiger partial charge in [-0.25, -0.2) is 0 Å². The lowest BCUT2D eigenvalue weighted by molar-refractivity contribution is -0.378. The minimum Gasteiger partial charge on any atom is -0.463 e. The third kappa shape index (κ3) is 17.0. The van der Waals surface area contributed by atoms with Gasteiger partial charge in [-0.05, 0) is 0 Å². The average Bonchev–Trinajstić information content (AvgIpc) is 3.17. The van der Waals surface area contributed by atoms with Crippen LogP contribution in [0.1, 0.15) is 76.2 Å². The van der Waals surface area contributed by atoms with Crippen LogP contribution in [-0.4, -0.2) is 178 Å². The molecule has 376 valence electrons. The molecule has 0 aromatic carbocycles. The molecule has 67 heavy (non-hydrogen) atoms. The molecule has 3 heterocycles. The van der Waals surface area contributed by atoms with Crippen LogP contribution in [0, 0.1) is 0 Å². The lowest BCUT2D eigenvalue weighted by Crippen LogP contribution is -2.69. The molecule has 15 atom stereocenters. The number of hydrogen-bond acceptors (Lipinski definition) is 27. The second-order valence-electron chi connectivity index (χ2n) is 14.9. The van der Waals surface area contributed by atoms with Gasteiger partial charge < -0.3 is 75.8 Å². The van der Waals surface area contributed by atoms with Crippen molar-refractivity contribution in [1.29, 1.82) is 0 Å². The van der Waals surface area contributed by atoms with Crippen molar-refractivity contribution in [2.45, 2.75) is 168 Å². The third-order valence-electron chi connectivity index (χ3n) is 9.11. The molecule has 0 saturated carbocycles. The van der Waals surface area contributed by atoms with Crippen LogP contribution < -0.4 is 0 Å². The van der Waals surface area contributed by atoms with Crippen LogP contribution >= 0.6 is 0 Å². The molecule has 27 nitrogen and oxygen atoms in total. The zero-order chi connectivity index (χ0) is 50.4. The molecule has 3 rings (SSSR count). The fourth-order valence-electron chi connectivity index (χ4n) is 7.01. The molecule has 0 aliphatic carbocycles. The molecule has 0 amide bonds. The Morgan fingerprint density at radius 2 is 0.493 bits per heavy atom. The highest BCUT2D eigenvalue weighted by Gasteiger charge is 2.60. The summed E-state index contributed by atoms with van der Waals surface area (Å²) in [5, 5.41) is 0. The Kier molecular flexibility index (Phi) is 20.8. The Morgan fingerprint density at radius 3 is 0.776 bits per heavy atom. The maximum absolute atomic E-state index is 13.0. The second-order valence-corrected chi connectivity index (χ2v) is 14.9. The predicted octanol–water partition coefficient (Wildman–Crippen LogP) is -1.29. The fraction of sp³-hybridized carbons (Fsp3) is 0.725. The summed E-state index contributed by atoms with van der Waals surface area (Å²) in [6.07, 6.45) is -27.3. The molecule has 0 aromatic heterocycles. The van der Waals surface area contributed by atoms with E-state index in [9.17, 15) is 52.7 Å². The highest BCUT2D eigenvalue weighted by Crippen LogP contribution is 2.38. The first-order valence-electron chi connectivity index (χ1n) is 20.3. The molecule has 0 N–H and O–H groups in total. The highest BCUT2D eigenvalue weighted by molar-refractivity contribution is 5.70. The van der Waals surface area contributed by atoms with E-state index in [-0.39, 0.29) is 0 Å². The molecule has 0 spiro atoms. The lowest BCUT2D eigenvalue weighted by atomic mass is 9.95. The van der Waals surface area contributed by atoms with E-state index in [1.54, 1.807) is 0 Å². The summed E-state index contributed by atoms with van der Waals surface area (Å²) in [4.78, 5) is 137. The van der Waals surface area contributed by atoms with Crippen LogP contribution in [0.5, 0.6) is 0 Å². The Balaban J connectivity index is 2.31. The molecule has 0 radical (unpaired) electrons. The lowest BCUT2D eigenvalue weighted by Gasteiger charge is -2.50. The molecule has 3 aliphatic heterocycles. The number of hydrogen-bond donors (Lipinski definition) is 0. The van der Waals surface area contributed by atoms with Crippen LogP contribution in [0.4, 0.5) is 0 Å². The Morgan fingerprint density at radius 1 is 0.269 bits per heavy atom. The summed E-state index contributed by atoms with van der Waals surface area (Å²) in [6.45, 7) is 8.53. The maximum atomic E-state index is 13.0. The molecule has 3 unspecified atom stereocenters. The van der Waals surface area contributed by atoms with Crippen molar-refractivity contribution in [2.24, 2.45) is 0 Å². The van der Waals surface area contributed by atoms with Gasteiger partial charge in [0.05, 0.1) is 0 Å². The zero-order valence-corrected chi connectivity index (χ0v) is 38.3. The first kappa shape index (κ1) is 55.3. The van der Waals surface area contributed by atoms with Crippen molar-refractivity contribution in [3.05, 3.63) is 0 Å². The molecule has 0 aromatic rings. The van der Waals surface area contributed by atoms with Gasteiger partial charge >= 0.3 is 65.7 Å². The summed E-state index contributed by atoms with van der Waals surface area (Å²) < 4.78 is 90.4. The van der Waals surface area contributed by atoms with Crippen LogP contribution in [0.25, 0.3) is 0 Å². The molecule has 3 fully saturated rings. The van der Waals surface area contributed by atoms with E-state index in [0.29, 0.717) is 0 Å². The van der Waals surface area contributed by atoms with Crippen molar-refractivity contribution in [3.63, 3.8) is 0 Å². The number of carbonyl (C=O) groups is 11. The largest absolute Gasteiger partial charge is 0.463 e. The van der Waals surface area contributed by atoms with E-state index in [0.717, 1.165) is 76.2 Å². The summed E-state index contributed by atoms with van der Waals surface area (Å²) in [6, 6.07) is 0. The summed E-state index contributed by atoms with van der Waals surface area (Å²) in [7, 11) is 0. The molecule has 3 aliphatic rings. The Bertz CT molecular complexity index is 1850. The van der Waals surface area contributed by atoms with Crippen molar-refractivity contribution >= 4 is 65.7 Å². The van der Waals surface area contributed by atoms with Crippen LogP contribution in [0.2, 0.25) is 0 Å². The Labute approximate surface area is 382 Å². The van der Waals surface area contributed by atoms with Gasteiger partial charge in [0, 0.05) is 76.2 Å². The highest BCUT2D eigenvalue weighted by atomic mass is 16.8. The van der Waals surface area contributed by atoms with E-state index in [4.69, 9.17) is 75.8 Å². The van der Waals surface area contributed by atoms with E-state index in [1.807, 2.05) is 0 Å². The number of ether oxygens (including phenoxy) is 16. The minimum absolute atomic E-state index is 0.691. The van der Waals surface area contributed by atoms with Gasteiger partial charge in [-0.3, -0.25) is 52.7 Å². The smallest absolute Gasteiger partial charge is 0.305 e. The van der Waals surface area contributed by atoms with E-state index in [1.165, 1.54) is 0 Å². The van der Waals surface area contributed by atoms with Crippen LogP contribution in [0.3, 0.4) is 0 Å². The molecule has 0 bridgehead atoms. The maximum Gasteiger partial charge on any atom is 0.305 e. The minimum atomic E-state index is -2.06. The standard InChI is InChI=1S/C40H54O27/c1-15(41)52-12-26-29(55-18(4)44)32(56-19(5)45)36(60-23(9)49)39(64-26)67-31-28(14-54-17(3)43)65-40(37(61-24(10)50)34(31)58-21(7)47)66-30-27(13-53-16(2)42)63-38(62-25(11)51)35(59-22(8)48)33(30)57-20(6)46/h26-40H,12-14H2,1-11H3/t26-,27+,28?,29-,30?,31-,32+,33+,34+,35-,36-,37-,38-,39?,40+/m1/s1. The summed E-state index contributed by atoms with van der Waals surface area (Å²) >= 11 is 0. The number of carbonyl (C=O) groups excluding carboxylic acids is 11. The van der Waals surface area contributed by atoms with Crippen molar-refractivity contribution < 1.29 is 129 Å². The number of rotatable bonds is 18. The quantitative estimate of drug-likeness (QED) is 0.114. The van der Waals surface area contributed by atoms with Crippen LogP contribution in [0.15, 0.2) is 0 Å². The SMILES string of the molecule is CC(=O)OCC1O[C@@H](OC2[C@H](COC(C)=O)O[C@@H](OC(C)=O)[C@H](OC(C)=O)[C@H]2OC(C)=O)[C@H](OC(C)=O)[C@@H](OC(C)=O)[C@@H]1OC1O[C@H](COC(C)=O)[C@@H](OC(C)=O)[C@H](OC(C)=O)[C@H]1OC(C)=O. The van der Waals surface area contributed by atoms with Crippen molar-refractivity contribution in [3.8, 4) is 0 Å². The van der Waals surface area contributed by atoms with Gasteiger partial charge in [-0.1, -0.05) is 0 Å². The van der Waals surface area contributed by atoms with Gasteiger partial charge in [0.25, 0.3) is 0 Å². The van der Waals surface area contributed by atoms with E-state index >= 15 is 0 Å². The topological polar surface area (TPSA) is 335 Å². The normalized spacial score (nSPS) is 31.2. The first-order valence-corrected chi connectivity index (χ1v) is 20.3. The van der Waals surface area contributed by atoms with Gasteiger partial charge in [0.2, 0.25) is 12.4 Å². The summed E-state index contributed by atoms with van der Waals surface area (Å²) in [5.41, 5.74) is 0. The molecular formula is C40H54O27.